The van der Waals surface area contributed by atoms with Crippen LogP contribution in [0.4, 0.5) is 11.4 Å². The number of nitrogens with two attached hydrogens (primary N) is 2. The van der Waals surface area contributed by atoms with Crippen molar-refractivity contribution in [1.29, 1.82) is 0 Å². The van der Waals surface area contributed by atoms with Gasteiger partial charge in [-0.2, -0.15) is 0 Å². The van der Waals surface area contributed by atoms with E-state index in [1.54, 1.807) is 0 Å². The van der Waals surface area contributed by atoms with Crippen molar-refractivity contribution in [2.24, 2.45) is 0 Å². The van der Waals surface area contributed by atoms with Crippen molar-refractivity contribution >= 4 is 11.4 Å². The third-order valence-electron chi connectivity index (χ3n) is 4.24. The molecule has 0 saturated carbocycles. The van der Waals surface area contributed by atoms with Crippen LogP contribution in [-0.4, -0.2) is 0 Å². The lowest BCUT2D eigenvalue weighted by Crippen LogP contribution is -1.91. The van der Waals surface area contributed by atoms with Crippen LogP contribution in [0.3, 0.4) is 0 Å². The zero-order chi connectivity index (χ0) is 16.5. The fourth-order valence-electron chi connectivity index (χ4n) is 2.12. The Balaban J connectivity index is 0.000000220. The molecule has 0 aliphatic heterocycles. The molecule has 0 aromatic heterocycles. The molecule has 120 valence electrons. The smallest absolute Gasteiger partial charge is 0.0314 e. The quantitative estimate of drug-likeness (QED) is 0.725. The number of nitrogen functional groups attached to an aromatic ring is 2. The third-order valence-corrected chi connectivity index (χ3v) is 4.24. The summed E-state index contributed by atoms with van der Waals surface area (Å²) in [4.78, 5) is 0. The van der Waals surface area contributed by atoms with Gasteiger partial charge in [0.05, 0.1) is 0 Å². The van der Waals surface area contributed by atoms with Crippen LogP contribution in [0.15, 0.2) is 48.5 Å². The molecule has 0 fully saturated rings. The summed E-state index contributed by atoms with van der Waals surface area (Å²) < 4.78 is 0. The highest BCUT2D eigenvalue weighted by atomic mass is 14.5. The minimum atomic E-state index is 0.649. The molecule has 2 rings (SSSR count). The summed E-state index contributed by atoms with van der Waals surface area (Å²) in [5.41, 5.74) is 15.6. The Kier molecular flexibility index (Phi) is 7.51. The highest BCUT2D eigenvalue weighted by Gasteiger charge is 2.01. The van der Waals surface area contributed by atoms with Gasteiger partial charge in [-0.1, -0.05) is 52.0 Å². The van der Waals surface area contributed by atoms with E-state index in [4.69, 9.17) is 11.5 Å². The summed E-state index contributed by atoms with van der Waals surface area (Å²) in [6, 6.07) is 16.2. The third kappa shape index (κ3) is 5.80. The molecule has 0 saturated heterocycles. The summed E-state index contributed by atoms with van der Waals surface area (Å²) in [7, 11) is 0. The summed E-state index contributed by atoms with van der Waals surface area (Å²) >= 11 is 0. The van der Waals surface area contributed by atoms with Crippen molar-refractivity contribution in [3.8, 4) is 0 Å². The number of anilines is 2. The Labute approximate surface area is 135 Å². The van der Waals surface area contributed by atoms with Gasteiger partial charge in [-0.05, 0) is 60.1 Å². The number of benzene rings is 2. The molecule has 2 aromatic rings. The highest BCUT2D eigenvalue weighted by Crippen LogP contribution is 2.19. The van der Waals surface area contributed by atoms with Crippen molar-refractivity contribution < 1.29 is 0 Å². The van der Waals surface area contributed by atoms with E-state index in [0.717, 1.165) is 11.4 Å². The lowest BCUT2D eigenvalue weighted by molar-refractivity contribution is 0.734. The van der Waals surface area contributed by atoms with Gasteiger partial charge in [0.2, 0.25) is 0 Å². The van der Waals surface area contributed by atoms with Crippen LogP contribution in [0.2, 0.25) is 0 Å². The van der Waals surface area contributed by atoms with Gasteiger partial charge in [-0.15, -0.1) is 0 Å². The van der Waals surface area contributed by atoms with Gasteiger partial charge in [0.25, 0.3) is 0 Å². The van der Waals surface area contributed by atoms with Crippen molar-refractivity contribution in [3.05, 3.63) is 59.7 Å². The first-order valence-electron chi connectivity index (χ1n) is 8.18. The molecule has 0 aliphatic rings. The topological polar surface area (TPSA) is 52.0 Å². The highest BCUT2D eigenvalue weighted by molar-refractivity contribution is 5.40. The van der Waals surface area contributed by atoms with Crippen molar-refractivity contribution in [2.45, 2.75) is 52.4 Å². The van der Waals surface area contributed by atoms with Gasteiger partial charge in [-0.3, -0.25) is 0 Å². The Morgan fingerprint density at radius 1 is 0.636 bits per heavy atom. The average Bonchev–Trinajstić information content (AvgIpc) is 2.55. The molecular weight excluding hydrogens is 268 g/mol. The minimum absolute atomic E-state index is 0.649. The monoisotopic (exact) mass is 298 g/mol. The van der Waals surface area contributed by atoms with Crippen LogP contribution in [0.5, 0.6) is 0 Å². The maximum absolute atomic E-state index is 5.57. The summed E-state index contributed by atoms with van der Waals surface area (Å²) in [6.07, 6.45) is 2.37. The van der Waals surface area contributed by atoms with Gasteiger partial charge in [0.15, 0.2) is 0 Å². The number of rotatable bonds is 4. The normalized spacial score (nSPS) is 12.9. The van der Waals surface area contributed by atoms with Crippen LogP contribution >= 0.6 is 0 Å². The van der Waals surface area contributed by atoms with Gasteiger partial charge in [0.1, 0.15) is 0 Å². The fourth-order valence-corrected chi connectivity index (χ4v) is 2.12. The van der Waals surface area contributed by atoms with Crippen LogP contribution in [0.25, 0.3) is 0 Å². The standard InChI is InChI=1S/2C10H15N/c2*1-3-8(2)9-4-6-10(11)7-5-9/h2*4-8H,3,11H2,1-2H3. The molecule has 0 spiro atoms. The van der Waals surface area contributed by atoms with Crippen LogP contribution in [0.1, 0.15) is 63.5 Å². The predicted octanol–water partition coefficient (Wildman–Crippen LogP) is 5.56. The largest absolute Gasteiger partial charge is 0.399 e. The van der Waals surface area contributed by atoms with E-state index < -0.39 is 0 Å². The minimum Gasteiger partial charge on any atom is -0.399 e. The first-order valence-corrected chi connectivity index (χ1v) is 8.18. The van der Waals surface area contributed by atoms with Gasteiger partial charge < -0.3 is 11.5 Å². The number of hydrogen-bond acceptors (Lipinski definition) is 2. The van der Waals surface area contributed by atoms with Crippen molar-refractivity contribution in [3.63, 3.8) is 0 Å². The van der Waals surface area contributed by atoms with E-state index in [-0.39, 0.29) is 0 Å². The Hall–Kier alpha value is -1.96. The van der Waals surface area contributed by atoms with E-state index >= 15 is 0 Å². The SMILES string of the molecule is CCC(C)c1ccc(N)cc1.CCC(C)c1ccc(N)cc1. The second kappa shape index (κ2) is 9.14. The van der Waals surface area contributed by atoms with E-state index in [0.29, 0.717) is 11.8 Å². The van der Waals surface area contributed by atoms with Crippen LogP contribution in [-0.2, 0) is 0 Å². The Morgan fingerprint density at radius 3 is 1.14 bits per heavy atom. The number of hydrogen-bond donors (Lipinski definition) is 2. The molecule has 0 amide bonds. The van der Waals surface area contributed by atoms with E-state index in [1.807, 2.05) is 24.3 Å². The van der Waals surface area contributed by atoms with Crippen LogP contribution in [0, 0.1) is 0 Å². The second-order valence-electron chi connectivity index (χ2n) is 5.95. The van der Waals surface area contributed by atoms with Crippen molar-refractivity contribution in [1.82, 2.24) is 0 Å². The molecule has 2 aromatic carbocycles. The maximum atomic E-state index is 5.57. The molecule has 22 heavy (non-hydrogen) atoms. The van der Waals surface area contributed by atoms with E-state index in [1.165, 1.54) is 24.0 Å². The van der Waals surface area contributed by atoms with E-state index in [9.17, 15) is 0 Å². The molecule has 2 atom stereocenters. The second-order valence-corrected chi connectivity index (χ2v) is 5.95. The zero-order valence-corrected chi connectivity index (χ0v) is 14.3. The molecule has 2 heteroatoms. The summed E-state index contributed by atoms with van der Waals surface area (Å²) in [5, 5.41) is 0. The molecule has 2 unspecified atom stereocenters. The first kappa shape index (κ1) is 18.1. The summed E-state index contributed by atoms with van der Waals surface area (Å²) in [6.45, 7) is 8.85. The molecule has 0 bridgehead atoms. The first-order chi connectivity index (χ1) is 10.5. The van der Waals surface area contributed by atoms with Crippen LogP contribution < -0.4 is 11.5 Å². The molecule has 2 nitrogen and oxygen atoms in total. The molecular formula is C20H30N2. The van der Waals surface area contributed by atoms with E-state index in [2.05, 4.69) is 52.0 Å². The molecule has 0 aliphatic carbocycles. The van der Waals surface area contributed by atoms with Gasteiger partial charge in [-0.25, -0.2) is 0 Å². The zero-order valence-electron chi connectivity index (χ0n) is 14.3. The fraction of sp³-hybridized carbons (Fsp3) is 0.400. The molecule has 0 heterocycles. The maximum Gasteiger partial charge on any atom is 0.0314 e. The molecule has 4 N–H and O–H groups in total. The average molecular weight is 298 g/mol. The predicted molar refractivity (Wildman–Crippen MR) is 99.1 cm³/mol. The lowest BCUT2D eigenvalue weighted by Gasteiger charge is -2.07. The lowest BCUT2D eigenvalue weighted by atomic mass is 9.99. The van der Waals surface area contributed by atoms with Gasteiger partial charge in [0, 0.05) is 11.4 Å². The Bertz CT molecular complexity index is 477. The van der Waals surface area contributed by atoms with Crippen molar-refractivity contribution in [2.75, 3.05) is 11.5 Å². The molecule has 0 radical (unpaired) electrons. The summed E-state index contributed by atoms with van der Waals surface area (Å²) in [5.74, 6) is 1.30. The van der Waals surface area contributed by atoms with Gasteiger partial charge >= 0.3 is 0 Å². The Morgan fingerprint density at radius 2 is 0.909 bits per heavy atom.